The van der Waals surface area contributed by atoms with E-state index in [1.807, 2.05) is 47.0 Å². The zero-order chi connectivity index (χ0) is 18.3. The van der Waals surface area contributed by atoms with Crippen LogP contribution in [0, 0.1) is 6.61 Å². The fraction of sp³-hybridized carbons (Fsp3) is 0.250. The second-order valence-corrected chi connectivity index (χ2v) is 6.85. The third kappa shape index (κ3) is 2.77. The van der Waals surface area contributed by atoms with Crippen LogP contribution in [0.5, 0.6) is 5.75 Å². The maximum Gasteiger partial charge on any atom is 0.208 e. The minimum Gasteiger partial charge on any atom is -0.496 e. The van der Waals surface area contributed by atoms with Gasteiger partial charge in [0.15, 0.2) is 5.82 Å². The second-order valence-electron chi connectivity index (χ2n) is 6.42. The first-order valence-electron chi connectivity index (χ1n) is 8.40. The molecule has 1 atom stereocenters. The van der Waals surface area contributed by atoms with Gasteiger partial charge in [0.05, 0.1) is 12.8 Å². The molecule has 0 amide bonds. The third-order valence-corrected chi connectivity index (χ3v) is 4.64. The summed E-state index contributed by atoms with van der Waals surface area (Å²) in [5.74, 6) is 2.33. The number of methoxy groups -OCH3 is 1. The van der Waals surface area contributed by atoms with Crippen molar-refractivity contribution >= 4 is 11.6 Å². The van der Waals surface area contributed by atoms with Crippen molar-refractivity contribution in [1.29, 1.82) is 0 Å². The van der Waals surface area contributed by atoms with E-state index in [-0.39, 0.29) is 5.92 Å². The maximum absolute atomic E-state index is 6.31. The molecule has 132 valence electrons. The molecule has 2 heterocycles. The second kappa shape index (κ2) is 6.74. The van der Waals surface area contributed by atoms with Crippen LogP contribution < -0.4 is 4.74 Å². The number of ether oxygens (including phenoxy) is 2. The van der Waals surface area contributed by atoms with Gasteiger partial charge in [0.1, 0.15) is 17.7 Å². The van der Waals surface area contributed by atoms with Gasteiger partial charge >= 0.3 is 0 Å². The standard InChI is InChI=1S/C20H18ClN3O2/c1-12(2)20-23-22-18-11-26-19(14-6-4-5-7-17(14)25-3)15-10-13(21)8-9-16(15)24(18)20/h4-10,12,19H,1-3H3. The van der Waals surface area contributed by atoms with Gasteiger partial charge in [-0.15, -0.1) is 10.2 Å². The van der Waals surface area contributed by atoms with Crippen LogP contribution in [0.15, 0.2) is 42.5 Å². The zero-order valence-electron chi connectivity index (χ0n) is 14.7. The van der Waals surface area contributed by atoms with E-state index >= 15 is 0 Å². The first-order valence-corrected chi connectivity index (χ1v) is 8.77. The highest BCUT2D eigenvalue weighted by Gasteiger charge is 2.30. The van der Waals surface area contributed by atoms with Crippen molar-refractivity contribution in [3.8, 4) is 11.4 Å². The molecule has 26 heavy (non-hydrogen) atoms. The highest BCUT2D eigenvalue weighted by molar-refractivity contribution is 6.30. The lowest BCUT2D eigenvalue weighted by Crippen LogP contribution is -2.09. The van der Waals surface area contributed by atoms with E-state index in [0.29, 0.717) is 10.8 Å². The molecule has 1 aromatic heterocycles. The lowest BCUT2D eigenvalue weighted by Gasteiger charge is -2.21. The van der Waals surface area contributed by atoms with Crippen LogP contribution >= 0.6 is 11.6 Å². The number of hydrogen-bond acceptors (Lipinski definition) is 4. The quantitative estimate of drug-likeness (QED) is 0.681. The summed E-state index contributed by atoms with van der Waals surface area (Å²) < 4.78 is 13.5. The number of para-hydroxylation sites is 1. The Kier molecular flexibility index (Phi) is 4.42. The Hall–Kier alpha value is -2.37. The van der Waals surface area contributed by atoms with Crippen molar-refractivity contribution in [3.63, 3.8) is 0 Å². The molecule has 0 saturated carbocycles. The van der Waals surface area contributed by atoms with Crippen molar-refractivity contribution < 1.29 is 9.47 Å². The average Bonchev–Trinajstić information content (AvgIpc) is 3.00. The number of nitrogens with zero attached hydrogens (tertiary/aromatic N) is 3. The van der Waals surface area contributed by atoms with E-state index in [2.05, 4.69) is 30.7 Å². The molecule has 5 nitrogen and oxygen atoms in total. The van der Waals surface area contributed by atoms with Crippen molar-refractivity contribution in [3.05, 3.63) is 76.9 Å². The van der Waals surface area contributed by atoms with Crippen LogP contribution in [0.1, 0.15) is 48.6 Å². The van der Waals surface area contributed by atoms with Gasteiger partial charge in [0, 0.05) is 22.1 Å². The smallest absolute Gasteiger partial charge is 0.208 e. The number of benzene rings is 2. The summed E-state index contributed by atoms with van der Waals surface area (Å²) >= 11 is 6.31. The molecular weight excluding hydrogens is 350 g/mol. The number of rotatable bonds is 3. The molecule has 0 saturated heterocycles. The number of fused-ring (bicyclic) bond motifs is 3. The summed E-state index contributed by atoms with van der Waals surface area (Å²) in [6.07, 6.45) is -0.415. The topological polar surface area (TPSA) is 49.2 Å². The van der Waals surface area contributed by atoms with E-state index < -0.39 is 6.10 Å². The third-order valence-electron chi connectivity index (χ3n) is 4.41. The largest absolute Gasteiger partial charge is 0.496 e. The molecule has 0 bridgehead atoms. The minimum absolute atomic E-state index is 0.199. The van der Waals surface area contributed by atoms with Crippen molar-refractivity contribution in [2.45, 2.75) is 25.9 Å². The minimum atomic E-state index is -0.415. The Bertz CT molecular complexity index is 952. The molecule has 6 heteroatoms. The molecule has 0 spiro atoms. The maximum atomic E-state index is 6.31. The molecule has 1 aliphatic rings. The Morgan fingerprint density at radius 3 is 2.73 bits per heavy atom. The predicted octanol–water partition coefficient (Wildman–Crippen LogP) is 4.56. The summed E-state index contributed by atoms with van der Waals surface area (Å²) in [6, 6.07) is 13.5. The molecule has 1 aliphatic heterocycles. The molecule has 0 aliphatic carbocycles. The molecule has 3 aromatic rings. The fourth-order valence-corrected chi connectivity index (χ4v) is 3.38. The average molecular weight is 368 g/mol. The van der Waals surface area contributed by atoms with Crippen molar-refractivity contribution in [1.82, 2.24) is 14.8 Å². The highest BCUT2D eigenvalue weighted by atomic mass is 35.5. The number of aromatic nitrogens is 3. The van der Waals surface area contributed by atoms with Gasteiger partial charge < -0.3 is 9.47 Å². The first kappa shape index (κ1) is 17.1. The van der Waals surface area contributed by atoms with E-state index in [9.17, 15) is 0 Å². The van der Waals surface area contributed by atoms with Gasteiger partial charge in [0.25, 0.3) is 0 Å². The normalized spacial score (nSPS) is 16.1. The van der Waals surface area contributed by atoms with Gasteiger partial charge in [-0.1, -0.05) is 43.6 Å². The molecular formula is C20H18ClN3O2. The lowest BCUT2D eigenvalue weighted by molar-refractivity contribution is 0.147. The van der Waals surface area contributed by atoms with Gasteiger partial charge in [-0.2, -0.15) is 0 Å². The molecule has 2 radical (unpaired) electrons. The van der Waals surface area contributed by atoms with Crippen molar-refractivity contribution in [2.75, 3.05) is 7.11 Å². The summed E-state index contributed by atoms with van der Waals surface area (Å²) in [7, 11) is 1.65. The van der Waals surface area contributed by atoms with Gasteiger partial charge in [-0.3, -0.25) is 4.57 Å². The van der Waals surface area contributed by atoms with E-state index in [4.69, 9.17) is 21.1 Å². The fourth-order valence-electron chi connectivity index (χ4n) is 3.20. The van der Waals surface area contributed by atoms with Crippen LogP contribution in [-0.2, 0) is 4.74 Å². The SMILES string of the molecule is COc1ccccc1C1O[C]c2nnc(C(C)C)n2-c2ccc(Cl)cc21. The zero-order valence-corrected chi connectivity index (χ0v) is 15.5. The predicted molar refractivity (Wildman–Crippen MR) is 98.7 cm³/mol. The first-order chi connectivity index (χ1) is 12.6. The van der Waals surface area contributed by atoms with Gasteiger partial charge in [-0.25, -0.2) is 0 Å². The van der Waals surface area contributed by atoms with Crippen LogP contribution in [0.2, 0.25) is 5.02 Å². The Morgan fingerprint density at radius 1 is 1.15 bits per heavy atom. The van der Waals surface area contributed by atoms with E-state index in [1.165, 1.54) is 0 Å². The van der Waals surface area contributed by atoms with Crippen LogP contribution in [0.4, 0.5) is 0 Å². The van der Waals surface area contributed by atoms with Crippen LogP contribution in [0.25, 0.3) is 5.69 Å². The monoisotopic (exact) mass is 367 g/mol. The Labute approximate surface area is 157 Å². The van der Waals surface area contributed by atoms with Gasteiger partial charge in [0.2, 0.25) is 6.61 Å². The Morgan fingerprint density at radius 2 is 1.96 bits per heavy atom. The summed E-state index contributed by atoms with van der Waals surface area (Å²) in [4.78, 5) is 0. The molecule has 4 rings (SSSR count). The van der Waals surface area contributed by atoms with Gasteiger partial charge in [-0.05, 0) is 24.3 Å². The van der Waals surface area contributed by atoms with Crippen LogP contribution in [-0.4, -0.2) is 21.9 Å². The van der Waals surface area contributed by atoms with Crippen LogP contribution in [0.3, 0.4) is 0 Å². The van der Waals surface area contributed by atoms with E-state index in [0.717, 1.165) is 28.4 Å². The van der Waals surface area contributed by atoms with E-state index in [1.54, 1.807) is 7.11 Å². The molecule has 0 fully saturated rings. The highest BCUT2D eigenvalue weighted by Crippen LogP contribution is 2.40. The lowest BCUT2D eigenvalue weighted by atomic mass is 9.98. The summed E-state index contributed by atoms with van der Waals surface area (Å²) in [5.41, 5.74) is 2.74. The number of hydrogen-bond donors (Lipinski definition) is 0. The summed E-state index contributed by atoms with van der Waals surface area (Å²) in [6.45, 7) is 7.12. The molecule has 0 N–H and O–H groups in total. The van der Waals surface area contributed by atoms with Crippen molar-refractivity contribution in [2.24, 2.45) is 0 Å². The Balaban J connectivity index is 1.95. The number of halogens is 1. The summed E-state index contributed by atoms with van der Waals surface area (Å²) in [5, 5.41) is 9.18. The molecule has 2 aromatic carbocycles. The molecule has 1 unspecified atom stereocenters.